The molecule has 7 nitrogen and oxygen atoms in total. The molecule has 0 amide bonds. The Morgan fingerprint density at radius 1 is 1.55 bits per heavy atom. The lowest BCUT2D eigenvalue weighted by Gasteiger charge is -2.13. The number of aromatic nitrogens is 4. The summed E-state index contributed by atoms with van der Waals surface area (Å²) in [5, 5.41) is 7.86. The van der Waals surface area contributed by atoms with Crippen LogP contribution in [0.3, 0.4) is 0 Å². The van der Waals surface area contributed by atoms with Crippen molar-refractivity contribution in [3.8, 4) is 6.01 Å². The third-order valence-electron chi connectivity index (χ3n) is 4.10. The van der Waals surface area contributed by atoms with E-state index in [1.165, 1.54) is 6.42 Å². The quantitative estimate of drug-likeness (QED) is 0.839. The monoisotopic (exact) mass is 304 g/mol. The molecule has 1 fully saturated rings. The van der Waals surface area contributed by atoms with Crippen LogP contribution in [-0.4, -0.2) is 38.8 Å². The second kappa shape index (κ2) is 6.48. The summed E-state index contributed by atoms with van der Waals surface area (Å²) in [6, 6.07) is 0.328. The zero-order chi connectivity index (χ0) is 15.5. The number of anilines is 1. The van der Waals surface area contributed by atoms with Crippen LogP contribution < -0.4 is 15.8 Å². The van der Waals surface area contributed by atoms with Gasteiger partial charge in [-0.1, -0.05) is 13.3 Å². The second-order valence-electron chi connectivity index (χ2n) is 6.04. The summed E-state index contributed by atoms with van der Waals surface area (Å²) in [7, 11) is 0. The predicted molar refractivity (Wildman–Crippen MR) is 84.9 cm³/mol. The minimum absolute atomic E-state index is 0.0767. The van der Waals surface area contributed by atoms with E-state index >= 15 is 0 Å². The summed E-state index contributed by atoms with van der Waals surface area (Å²) < 4.78 is 7.56. The van der Waals surface area contributed by atoms with Gasteiger partial charge in [0.1, 0.15) is 0 Å². The van der Waals surface area contributed by atoms with Gasteiger partial charge in [0, 0.05) is 0 Å². The van der Waals surface area contributed by atoms with E-state index in [-0.39, 0.29) is 6.10 Å². The Kier molecular flexibility index (Phi) is 4.42. The molecule has 1 saturated heterocycles. The minimum Gasteiger partial charge on any atom is -0.459 e. The molecule has 1 aliphatic heterocycles. The molecule has 0 saturated carbocycles. The van der Waals surface area contributed by atoms with Crippen molar-refractivity contribution in [3.63, 3.8) is 0 Å². The Labute approximate surface area is 130 Å². The first kappa shape index (κ1) is 15.0. The first-order valence-electron chi connectivity index (χ1n) is 8.05. The van der Waals surface area contributed by atoms with Gasteiger partial charge in [0.15, 0.2) is 11.5 Å². The van der Waals surface area contributed by atoms with E-state index in [0.717, 1.165) is 38.0 Å². The maximum absolute atomic E-state index is 6.00. The Bertz CT molecular complexity index is 634. The first-order valence-corrected chi connectivity index (χ1v) is 8.05. The highest BCUT2D eigenvalue weighted by atomic mass is 16.5. The van der Waals surface area contributed by atoms with E-state index in [1.807, 2.05) is 13.1 Å². The fourth-order valence-electron chi connectivity index (χ4n) is 2.95. The van der Waals surface area contributed by atoms with E-state index in [9.17, 15) is 0 Å². The molecule has 0 aromatic carbocycles. The van der Waals surface area contributed by atoms with Crippen molar-refractivity contribution in [3.05, 3.63) is 11.9 Å². The smallest absolute Gasteiger partial charge is 0.336 e. The van der Waals surface area contributed by atoms with Crippen LogP contribution in [0.15, 0.2) is 6.20 Å². The maximum Gasteiger partial charge on any atom is 0.336 e. The lowest BCUT2D eigenvalue weighted by Crippen LogP contribution is -2.16. The number of nitrogens with zero attached hydrogens (tertiary/aromatic N) is 4. The van der Waals surface area contributed by atoms with Crippen molar-refractivity contribution in [1.82, 2.24) is 24.9 Å². The molecule has 0 radical (unpaired) electrons. The van der Waals surface area contributed by atoms with Gasteiger partial charge in [0.2, 0.25) is 0 Å². The average molecular weight is 304 g/mol. The molecule has 2 atom stereocenters. The van der Waals surface area contributed by atoms with Crippen molar-refractivity contribution in [2.24, 2.45) is 5.92 Å². The summed E-state index contributed by atoms with van der Waals surface area (Å²) in [4.78, 5) is 8.57. The largest absolute Gasteiger partial charge is 0.459 e. The molecule has 0 spiro atoms. The minimum atomic E-state index is 0.0767. The van der Waals surface area contributed by atoms with E-state index in [1.54, 1.807) is 4.52 Å². The number of hydrogen-bond donors (Lipinski definition) is 2. The van der Waals surface area contributed by atoms with Gasteiger partial charge in [0.05, 0.1) is 18.0 Å². The standard InChI is InChI=1S/C15H24N6O/c1-3-4-10(2)22-15-19-13(16)14-18-9-12(21(14)20-15)7-11-5-6-17-8-11/h9-11,17H,3-8H2,1-2H3,(H2,16,19,20)/t10-,11?/m0/s1. The van der Waals surface area contributed by atoms with Gasteiger partial charge in [-0.2, -0.15) is 4.98 Å². The van der Waals surface area contributed by atoms with Crippen molar-refractivity contribution in [1.29, 1.82) is 0 Å². The van der Waals surface area contributed by atoms with Gasteiger partial charge >= 0.3 is 6.01 Å². The van der Waals surface area contributed by atoms with Gasteiger partial charge in [-0.25, -0.2) is 9.50 Å². The van der Waals surface area contributed by atoms with Crippen LogP contribution in [0.2, 0.25) is 0 Å². The molecule has 2 aromatic rings. The molecule has 7 heteroatoms. The molecule has 1 unspecified atom stereocenters. The van der Waals surface area contributed by atoms with Crippen molar-refractivity contribution in [2.75, 3.05) is 18.8 Å². The van der Waals surface area contributed by atoms with Crippen molar-refractivity contribution >= 4 is 11.5 Å². The number of ether oxygens (including phenoxy) is 1. The predicted octanol–water partition coefficient (Wildman–Crippen LogP) is 1.43. The third-order valence-corrected chi connectivity index (χ3v) is 4.10. The van der Waals surface area contributed by atoms with E-state index < -0.39 is 0 Å². The molecule has 1 aliphatic rings. The maximum atomic E-state index is 6.00. The van der Waals surface area contributed by atoms with Crippen molar-refractivity contribution in [2.45, 2.75) is 45.6 Å². The summed E-state index contributed by atoms with van der Waals surface area (Å²) in [6.07, 6.45) is 6.07. The third kappa shape index (κ3) is 3.14. The summed E-state index contributed by atoms with van der Waals surface area (Å²) in [5.74, 6) is 0.990. The van der Waals surface area contributed by atoms with Crippen LogP contribution in [-0.2, 0) is 6.42 Å². The van der Waals surface area contributed by atoms with Crippen LogP contribution in [0.1, 0.15) is 38.8 Å². The Morgan fingerprint density at radius 2 is 2.41 bits per heavy atom. The number of nitrogens with two attached hydrogens (primary N) is 1. The van der Waals surface area contributed by atoms with Gasteiger partial charge in [-0.3, -0.25) is 0 Å². The number of nitrogen functional groups attached to an aromatic ring is 1. The topological polar surface area (TPSA) is 90.4 Å². The van der Waals surface area contributed by atoms with Gasteiger partial charge < -0.3 is 15.8 Å². The highest BCUT2D eigenvalue weighted by Crippen LogP contribution is 2.20. The molecule has 3 N–H and O–H groups in total. The molecular weight excluding hydrogens is 280 g/mol. The van der Waals surface area contributed by atoms with Crippen LogP contribution in [0.5, 0.6) is 6.01 Å². The number of imidazole rings is 1. The Morgan fingerprint density at radius 3 is 3.14 bits per heavy atom. The summed E-state index contributed by atoms with van der Waals surface area (Å²) >= 11 is 0. The molecule has 22 heavy (non-hydrogen) atoms. The van der Waals surface area contributed by atoms with Gasteiger partial charge in [0.25, 0.3) is 0 Å². The van der Waals surface area contributed by atoms with E-state index in [2.05, 4.69) is 27.3 Å². The number of rotatable bonds is 6. The fraction of sp³-hybridized carbons (Fsp3) is 0.667. The molecule has 2 aromatic heterocycles. The van der Waals surface area contributed by atoms with E-state index in [4.69, 9.17) is 10.5 Å². The number of fused-ring (bicyclic) bond motifs is 1. The fourth-order valence-corrected chi connectivity index (χ4v) is 2.95. The molecule has 3 heterocycles. The zero-order valence-corrected chi connectivity index (χ0v) is 13.2. The highest BCUT2D eigenvalue weighted by Gasteiger charge is 2.19. The van der Waals surface area contributed by atoms with Crippen LogP contribution in [0.25, 0.3) is 5.65 Å². The molecule has 3 rings (SSSR count). The normalized spacial score (nSPS) is 19.6. The van der Waals surface area contributed by atoms with E-state index in [0.29, 0.717) is 23.4 Å². The van der Waals surface area contributed by atoms with Crippen LogP contribution >= 0.6 is 0 Å². The molecule has 0 aliphatic carbocycles. The summed E-state index contributed by atoms with van der Waals surface area (Å²) in [6.45, 7) is 6.28. The van der Waals surface area contributed by atoms with Crippen LogP contribution in [0, 0.1) is 5.92 Å². The summed E-state index contributed by atoms with van der Waals surface area (Å²) in [5.41, 5.74) is 7.67. The van der Waals surface area contributed by atoms with Crippen molar-refractivity contribution < 1.29 is 4.74 Å². The van der Waals surface area contributed by atoms with Gasteiger partial charge in [-0.15, -0.1) is 5.10 Å². The SMILES string of the molecule is CCC[C@H](C)Oc1nc(N)c2ncc(CC3CCNC3)n2n1. The molecule has 120 valence electrons. The number of hydrogen-bond acceptors (Lipinski definition) is 6. The Hall–Kier alpha value is -1.89. The zero-order valence-electron chi connectivity index (χ0n) is 13.2. The van der Waals surface area contributed by atoms with Gasteiger partial charge in [-0.05, 0) is 45.2 Å². The highest BCUT2D eigenvalue weighted by molar-refractivity contribution is 5.59. The lowest BCUT2D eigenvalue weighted by atomic mass is 10.0. The first-order chi connectivity index (χ1) is 10.7. The molecular formula is C15H24N6O. The number of nitrogens with one attached hydrogen (secondary N) is 1. The lowest BCUT2D eigenvalue weighted by molar-refractivity contribution is 0.189. The second-order valence-corrected chi connectivity index (χ2v) is 6.04. The molecule has 0 bridgehead atoms. The van der Waals surface area contributed by atoms with Crippen LogP contribution in [0.4, 0.5) is 5.82 Å². The Balaban J connectivity index is 1.85. The average Bonchev–Trinajstić information content (AvgIpc) is 3.10.